The van der Waals surface area contributed by atoms with Crippen molar-refractivity contribution in [2.75, 3.05) is 13.6 Å². The van der Waals surface area contributed by atoms with Crippen LogP contribution in [0, 0.1) is 0 Å². The summed E-state index contributed by atoms with van der Waals surface area (Å²) >= 11 is 0. The van der Waals surface area contributed by atoms with Crippen LogP contribution in [0.3, 0.4) is 0 Å². The van der Waals surface area contributed by atoms with Crippen LogP contribution in [0.25, 0.3) is 0 Å². The van der Waals surface area contributed by atoms with Crippen LogP contribution >= 0.6 is 0 Å². The highest BCUT2D eigenvalue weighted by molar-refractivity contribution is 5.79. The molecule has 0 saturated heterocycles. The zero-order chi connectivity index (χ0) is 17.4. The average Bonchev–Trinajstić information content (AvgIpc) is 2.60. The summed E-state index contributed by atoms with van der Waals surface area (Å²) < 4.78 is 5.64. The Morgan fingerprint density at radius 1 is 1.17 bits per heavy atom. The molecule has 2 rings (SSSR count). The Bertz CT molecular complexity index is 671. The molecule has 24 heavy (non-hydrogen) atoms. The number of carboxylic acids is 1. The quantitative estimate of drug-likeness (QED) is 0.803. The van der Waals surface area contributed by atoms with Crippen LogP contribution in [-0.4, -0.2) is 40.5 Å². The first-order valence-electron chi connectivity index (χ1n) is 7.62. The Balaban J connectivity index is 1.83. The predicted octanol–water partition coefficient (Wildman–Crippen LogP) is 2.14. The van der Waals surface area contributed by atoms with Gasteiger partial charge in [-0.3, -0.25) is 14.6 Å². The van der Waals surface area contributed by atoms with Gasteiger partial charge in [-0.25, -0.2) is 0 Å². The highest BCUT2D eigenvalue weighted by Gasteiger charge is 2.11. The van der Waals surface area contributed by atoms with Crippen LogP contribution in [-0.2, 0) is 22.6 Å². The van der Waals surface area contributed by atoms with Crippen molar-refractivity contribution < 1.29 is 19.4 Å². The van der Waals surface area contributed by atoms with Crippen LogP contribution < -0.4 is 4.74 Å². The number of carbonyl (C=O) groups excluding carboxylic acids is 1. The summed E-state index contributed by atoms with van der Waals surface area (Å²) in [5, 5.41) is 8.64. The van der Waals surface area contributed by atoms with Crippen LogP contribution in [0.1, 0.15) is 17.7 Å². The SMILES string of the molecule is CN(CCC(=O)O)C(=O)Cc1ccc(OCc2ccccn2)cc1. The molecule has 6 heteroatoms. The number of benzene rings is 1. The molecule has 0 spiro atoms. The molecule has 1 heterocycles. The third-order valence-electron chi connectivity index (χ3n) is 3.48. The minimum atomic E-state index is -0.913. The Kier molecular flexibility index (Phi) is 6.31. The van der Waals surface area contributed by atoms with E-state index in [1.807, 2.05) is 42.5 Å². The lowest BCUT2D eigenvalue weighted by Crippen LogP contribution is -2.30. The molecule has 1 amide bonds. The molecule has 0 atom stereocenters. The van der Waals surface area contributed by atoms with E-state index in [2.05, 4.69) is 4.98 Å². The summed E-state index contributed by atoms with van der Waals surface area (Å²) in [4.78, 5) is 28.2. The van der Waals surface area contributed by atoms with E-state index in [-0.39, 0.29) is 25.3 Å². The number of rotatable bonds is 8. The van der Waals surface area contributed by atoms with Crippen molar-refractivity contribution in [3.8, 4) is 5.75 Å². The fourth-order valence-electron chi connectivity index (χ4n) is 2.04. The molecule has 1 N–H and O–H groups in total. The van der Waals surface area contributed by atoms with Gasteiger partial charge in [0.2, 0.25) is 5.91 Å². The maximum Gasteiger partial charge on any atom is 0.305 e. The first-order valence-corrected chi connectivity index (χ1v) is 7.62. The van der Waals surface area contributed by atoms with E-state index in [0.717, 1.165) is 11.3 Å². The molecule has 1 aromatic heterocycles. The fourth-order valence-corrected chi connectivity index (χ4v) is 2.04. The highest BCUT2D eigenvalue weighted by atomic mass is 16.5. The lowest BCUT2D eigenvalue weighted by Gasteiger charge is -2.16. The summed E-state index contributed by atoms with van der Waals surface area (Å²) in [5.74, 6) is -0.321. The van der Waals surface area contributed by atoms with Crippen molar-refractivity contribution >= 4 is 11.9 Å². The standard InChI is InChI=1S/C18H20N2O4/c1-20(11-9-18(22)23)17(21)12-14-5-7-16(8-6-14)24-13-15-4-2-3-10-19-15/h2-8,10H,9,11-13H2,1H3,(H,22,23). The molecule has 126 valence electrons. The van der Waals surface area contributed by atoms with Gasteiger partial charge in [-0.05, 0) is 29.8 Å². The molecule has 0 unspecified atom stereocenters. The molecule has 2 aromatic rings. The Morgan fingerprint density at radius 2 is 1.92 bits per heavy atom. The van der Waals surface area contributed by atoms with Gasteiger partial charge in [0.1, 0.15) is 12.4 Å². The van der Waals surface area contributed by atoms with Crippen molar-refractivity contribution in [3.63, 3.8) is 0 Å². The number of carbonyl (C=O) groups is 2. The van der Waals surface area contributed by atoms with Gasteiger partial charge in [0.05, 0.1) is 18.5 Å². The summed E-state index contributed by atoms with van der Waals surface area (Å²) in [6.07, 6.45) is 1.90. The second-order valence-corrected chi connectivity index (χ2v) is 5.39. The number of amides is 1. The lowest BCUT2D eigenvalue weighted by atomic mass is 10.1. The monoisotopic (exact) mass is 328 g/mol. The number of pyridine rings is 1. The van der Waals surface area contributed by atoms with E-state index < -0.39 is 5.97 Å². The normalized spacial score (nSPS) is 10.2. The first kappa shape index (κ1) is 17.5. The smallest absolute Gasteiger partial charge is 0.305 e. The molecule has 0 aliphatic carbocycles. The van der Waals surface area contributed by atoms with Crippen molar-refractivity contribution in [2.45, 2.75) is 19.4 Å². The van der Waals surface area contributed by atoms with Gasteiger partial charge >= 0.3 is 5.97 Å². The fraction of sp³-hybridized carbons (Fsp3) is 0.278. The van der Waals surface area contributed by atoms with Gasteiger partial charge in [0.15, 0.2) is 0 Å². The van der Waals surface area contributed by atoms with Gasteiger partial charge < -0.3 is 14.7 Å². The molecular formula is C18H20N2O4. The van der Waals surface area contributed by atoms with E-state index in [1.54, 1.807) is 13.2 Å². The van der Waals surface area contributed by atoms with Crippen LogP contribution in [0.2, 0.25) is 0 Å². The largest absolute Gasteiger partial charge is 0.487 e. The lowest BCUT2D eigenvalue weighted by molar-refractivity contribution is -0.138. The number of hydrogen-bond donors (Lipinski definition) is 1. The molecule has 0 aliphatic heterocycles. The molecule has 0 bridgehead atoms. The summed E-state index contributed by atoms with van der Waals surface area (Å²) in [5.41, 5.74) is 1.70. The summed E-state index contributed by atoms with van der Waals surface area (Å²) in [6.45, 7) is 0.594. The number of hydrogen-bond acceptors (Lipinski definition) is 4. The molecule has 0 fully saturated rings. The molecule has 1 aromatic carbocycles. The maximum absolute atomic E-state index is 12.0. The molecule has 6 nitrogen and oxygen atoms in total. The highest BCUT2D eigenvalue weighted by Crippen LogP contribution is 2.14. The third kappa shape index (κ3) is 5.72. The molecule has 0 aliphatic rings. The zero-order valence-electron chi connectivity index (χ0n) is 13.5. The van der Waals surface area contributed by atoms with Crippen molar-refractivity contribution in [1.82, 2.24) is 9.88 Å². The zero-order valence-corrected chi connectivity index (χ0v) is 13.5. The van der Waals surface area contributed by atoms with E-state index in [1.165, 1.54) is 4.90 Å². The van der Waals surface area contributed by atoms with Crippen LogP contribution in [0.5, 0.6) is 5.75 Å². The van der Waals surface area contributed by atoms with Crippen molar-refractivity contribution in [1.29, 1.82) is 0 Å². The number of carboxylic acid groups (broad SMARTS) is 1. The van der Waals surface area contributed by atoms with E-state index >= 15 is 0 Å². The van der Waals surface area contributed by atoms with Crippen LogP contribution in [0.15, 0.2) is 48.7 Å². The van der Waals surface area contributed by atoms with Crippen molar-refractivity contribution in [3.05, 3.63) is 59.9 Å². The third-order valence-corrected chi connectivity index (χ3v) is 3.48. The number of nitrogens with zero attached hydrogens (tertiary/aromatic N) is 2. The summed E-state index contributed by atoms with van der Waals surface area (Å²) in [6, 6.07) is 12.9. The minimum Gasteiger partial charge on any atom is -0.487 e. The number of ether oxygens (including phenoxy) is 1. The van der Waals surface area contributed by atoms with Gasteiger partial charge in [-0.2, -0.15) is 0 Å². The van der Waals surface area contributed by atoms with Crippen molar-refractivity contribution in [2.24, 2.45) is 0 Å². The average molecular weight is 328 g/mol. The number of aromatic nitrogens is 1. The Labute approximate surface area is 140 Å². The van der Waals surface area contributed by atoms with E-state index in [9.17, 15) is 9.59 Å². The topological polar surface area (TPSA) is 79.7 Å². The van der Waals surface area contributed by atoms with E-state index in [4.69, 9.17) is 9.84 Å². The van der Waals surface area contributed by atoms with E-state index in [0.29, 0.717) is 12.4 Å². The number of likely N-dealkylation sites (N-methyl/N-ethyl adjacent to an activating group) is 1. The van der Waals surface area contributed by atoms with Gasteiger partial charge in [-0.1, -0.05) is 18.2 Å². The molecule has 0 radical (unpaired) electrons. The van der Waals surface area contributed by atoms with Gasteiger partial charge in [-0.15, -0.1) is 0 Å². The Morgan fingerprint density at radius 3 is 2.54 bits per heavy atom. The number of aliphatic carboxylic acids is 1. The predicted molar refractivity (Wildman–Crippen MR) is 88.6 cm³/mol. The Hall–Kier alpha value is -2.89. The molecular weight excluding hydrogens is 308 g/mol. The summed E-state index contributed by atoms with van der Waals surface area (Å²) in [7, 11) is 1.61. The van der Waals surface area contributed by atoms with Gasteiger partial charge in [0.25, 0.3) is 0 Å². The molecule has 0 saturated carbocycles. The second-order valence-electron chi connectivity index (χ2n) is 5.39. The second kappa shape index (κ2) is 8.67. The first-order chi connectivity index (χ1) is 11.5. The minimum absolute atomic E-state index is 0.0530. The van der Waals surface area contributed by atoms with Crippen LogP contribution in [0.4, 0.5) is 0 Å². The van der Waals surface area contributed by atoms with Gasteiger partial charge in [0, 0.05) is 19.8 Å². The maximum atomic E-state index is 12.0.